The van der Waals surface area contributed by atoms with Crippen LogP contribution in [0.3, 0.4) is 0 Å². The summed E-state index contributed by atoms with van der Waals surface area (Å²) in [4.78, 5) is 0. The Labute approximate surface area is 107 Å². The molecule has 0 aliphatic heterocycles. The first-order chi connectivity index (χ1) is 6.45. The van der Waals surface area contributed by atoms with E-state index in [1.165, 1.54) is 7.14 Å². The third-order valence-corrected chi connectivity index (χ3v) is 4.37. The van der Waals surface area contributed by atoms with Crippen LogP contribution in [0.2, 0.25) is 0 Å². The van der Waals surface area contributed by atoms with Gasteiger partial charge < -0.3 is 0 Å². The Hall–Kier alpha value is -0.233. The summed E-state index contributed by atoms with van der Waals surface area (Å²) in [5.74, 6) is 0. The van der Waals surface area contributed by atoms with Crippen LogP contribution in [0.1, 0.15) is 0 Å². The predicted molar refractivity (Wildman–Crippen MR) is 50.3 cm³/mol. The summed E-state index contributed by atoms with van der Waals surface area (Å²) in [5.41, 5.74) is 0. The van der Waals surface area contributed by atoms with E-state index in [1.807, 2.05) is 0 Å². The van der Waals surface area contributed by atoms with Crippen molar-refractivity contribution in [1.82, 2.24) is 0 Å². The molecule has 2 rings (SSSR count). The molecule has 0 saturated carbocycles. The molecule has 0 unspecified atom stereocenters. The van der Waals surface area contributed by atoms with Crippen LogP contribution in [0.25, 0.3) is 0 Å². The third kappa shape index (κ3) is 3.49. The van der Waals surface area contributed by atoms with Gasteiger partial charge in [-0.2, -0.15) is 0 Å². The molecule has 0 fully saturated rings. The Morgan fingerprint density at radius 1 is 0.571 bits per heavy atom. The van der Waals surface area contributed by atoms with Gasteiger partial charge in [0.25, 0.3) is 0 Å². The Bertz CT molecular complexity index is 321. The minimum absolute atomic E-state index is 0. The molecule has 0 aromatic heterocycles. The van der Waals surface area contributed by atoms with E-state index in [4.69, 9.17) is 0 Å². The summed E-state index contributed by atoms with van der Waals surface area (Å²) >= 11 is 0.0287. The van der Waals surface area contributed by atoms with E-state index in [1.54, 1.807) is 0 Å². The SMILES string of the molecule is [Li+].c1ccc([I-]c2ccccc2)cc1. The molecule has 0 heterocycles. The van der Waals surface area contributed by atoms with Gasteiger partial charge >= 0.3 is 108 Å². The Morgan fingerprint density at radius 2 is 0.929 bits per heavy atom. The molecule has 0 saturated heterocycles. The van der Waals surface area contributed by atoms with Crippen molar-refractivity contribution >= 4 is 0 Å². The zero-order valence-corrected chi connectivity index (χ0v) is 10.3. The van der Waals surface area contributed by atoms with E-state index in [0.29, 0.717) is 0 Å². The fourth-order valence-corrected chi connectivity index (χ4v) is 3.35. The molecule has 0 radical (unpaired) electrons. The van der Waals surface area contributed by atoms with Crippen LogP contribution in [0.15, 0.2) is 60.7 Å². The molecule has 2 heteroatoms. The molecule has 2 aromatic carbocycles. The quantitative estimate of drug-likeness (QED) is 0.404. The number of hydrogen-bond donors (Lipinski definition) is 0. The standard InChI is InChI=1S/C12H10I.Li/c1-3-7-11(8-4-1)13-12-9-5-2-6-10-12;/h1-10H;/q-1;+1. The van der Waals surface area contributed by atoms with E-state index in [2.05, 4.69) is 60.7 Å². The number of rotatable bonds is 2. The first-order valence-electron chi connectivity index (χ1n) is 4.20. The van der Waals surface area contributed by atoms with Crippen LogP contribution in [-0.2, 0) is 0 Å². The maximum atomic E-state index is 2.21. The average Bonchev–Trinajstić information content (AvgIpc) is 2.21. The van der Waals surface area contributed by atoms with Crippen molar-refractivity contribution in [1.29, 1.82) is 0 Å². The second-order valence-corrected chi connectivity index (χ2v) is 5.72. The van der Waals surface area contributed by atoms with Crippen LogP contribution < -0.4 is 40.1 Å². The summed E-state index contributed by atoms with van der Waals surface area (Å²) < 4.78 is 2.96. The molecule has 0 spiro atoms. The summed E-state index contributed by atoms with van der Waals surface area (Å²) in [7, 11) is 0. The van der Waals surface area contributed by atoms with Gasteiger partial charge in [0.2, 0.25) is 0 Å². The van der Waals surface area contributed by atoms with E-state index in [-0.39, 0.29) is 40.1 Å². The molecule has 0 aliphatic rings. The van der Waals surface area contributed by atoms with Crippen molar-refractivity contribution in [2.24, 2.45) is 0 Å². The molecular weight excluding hydrogens is 278 g/mol. The fourth-order valence-electron chi connectivity index (χ4n) is 1.08. The summed E-state index contributed by atoms with van der Waals surface area (Å²) in [5, 5.41) is 0. The van der Waals surface area contributed by atoms with E-state index < -0.39 is 0 Å². The molecule has 0 atom stereocenters. The van der Waals surface area contributed by atoms with Gasteiger partial charge in [0.15, 0.2) is 0 Å². The number of halogens is 1. The molecule has 14 heavy (non-hydrogen) atoms. The molecule has 0 nitrogen and oxygen atoms in total. The van der Waals surface area contributed by atoms with E-state index in [9.17, 15) is 0 Å². The van der Waals surface area contributed by atoms with Gasteiger partial charge in [0, 0.05) is 0 Å². The Balaban J connectivity index is 0.000000980. The predicted octanol–water partition coefficient (Wildman–Crippen LogP) is -3.18. The summed E-state index contributed by atoms with van der Waals surface area (Å²) in [6, 6.07) is 21.4. The third-order valence-electron chi connectivity index (χ3n) is 1.68. The summed E-state index contributed by atoms with van der Waals surface area (Å²) in [6.45, 7) is 0. The van der Waals surface area contributed by atoms with Crippen LogP contribution in [0, 0.1) is 7.14 Å². The maximum absolute atomic E-state index is 2.21. The Kier molecular flexibility index (Phi) is 5.32. The fraction of sp³-hybridized carbons (Fsp3) is 0. The van der Waals surface area contributed by atoms with Crippen molar-refractivity contribution in [2.75, 3.05) is 0 Å². The second-order valence-electron chi connectivity index (χ2n) is 2.69. The first-order valence-corrected chi connectivity index (χ1v) is 6.36. The monoisotopic (exact) mass is 288 g/mol. The van der Waals surface area contributed by atoms with Crippen molar-refractivity contribution in [3.05, 3.63) is 67.8 Å². The zero-order chi connectivity index (χ0) is 8.93. The van der Waals surface area contributed by atoms with E-state index in [0.717, 1.165) is 0 Å². The van der Waals surface area contributed by atoms with Crippen molar-refractivity contribution in [3.8, 4) is 0 Å². The molecule has 0 bridgehead atoms. The molecular formula is C12H10ILi. The first kappa shape index (κ1) is 11.8. The van der Waals surface area contributed by atoms with Crippen LogP contribution in [0.4, 0.5) is 0 Å². The molecule has 66 valence electrons. The molecule has 2 aromatic rings. The number of hydrogen-bond acceptors (Lipinski definition) is 0. The Morgan fingerprint density at radius 3 is 1.29 bits per heavy atom. The normalized spacial score (nSPS) is 9.43. The van der Waals surface area contributed by atoms with Gasteiger partial charge in [0.05, 0.1) is 0 Å². The van der Waals surface area contributed by atoms with Crippen LogP contribution >= 0.6 is 0 Å². The van der Waals surface area contributed by atoms with E-state index >= 15 is 0 Å². The van der Waals surface area contributed by atoms with Crippen molar-refractivity contribution < 1.29 is 40.1 Å². The molecule has 0 aliphatic carbocycles. The van der Waals surface area contributed by atoms with Gasteiger partial charge in [-0.15, -0.1) is 0 Å². The van der Waals surface area contributed by atoms with Crippen molar-refractivity contribution in [3.63, 3.8) is 0 Å². The van der Waals surface area contributed by atoms with Gasteiger partial charge in [-0.1, -0.05) is 0 Å². The summed E-state index contributed by atoms with van der Waals surface area (Å²) in [6.07, 6.45) is 0. The van der Waals surface area contributed by atoms with Crippen molar-refractivity contribution in [2.45, 2.75) is 0 Å². The average molecular weight is 288 g/mol. The van der Waals surface area contributed by atoms with Gasteiger partial charge in [-0.05, 0) is 0 Å². The van der Waals surface area contributed by atoms with Gasteiger partial charge in [-0.25, -0.2) is 0 Å². The zero-order valence-electron chi connectivity index (χ0n) is 8.15. The van der Waals surface area contributed by atoms with Crippen LogP contribution in [0.5, 0.6) is 0 Å². The molecule has 0 N–H and O–H groups in total. The molecule has 0 amide bonds. The second kappa shape index (κ2) is 6.29. The van der Waals surface area contributed by atoms with Crippen LogP contribution in [-0.4, -0.2) is 0 Å². The number of benzene rings is 2. The topological polar surface area (TPSA) is 0 Å². The van der Waals surface area contributed by atoms with Gasteiger partial charge in [-0.3, -0.25) is 0 Å². The van der Waals surface area contributed by atoms with Gasteiger partial charge in [0.1, 0.15) is 0 Å². The minimum atomic E-state index is 0.